The number of carbonyl (C=O) groups is 1. The van der Waals surface area contributed by atoms with Crippen LogP contribution in [-0.2, 0) is 7.05 Å². The van der Waals surface area contributed by atoms with Crippen LogP contribution in [0.4, 0.5) is 5.13 Å². The molecule has 0 spiro atoms. The minimum absolute atomic E-state index is 0.197. The summed E-state index contributed by atoms with van der Waals surface area (Å²) in [5.41, 5.74) is 1.85. The smallest absolute Gasteiger partial charge is 0.281 e. The maximum Gasteiger partial charge on any atom is 0.281 e. The van der Waals surface area contributed by atoms with Crippen molar-refractivity contribution < 1.29 is 4.79 Å². The number of carbonyl (C=O) groups excluding carboxylic acids is 1. The molecule has 0 radical (unpaired) electrons. The van der Waals surface area contributed by atoms with E-state index in [1.165, 1.54) is 22.1 Å². The quantitative estimate of drug-likeness (QED) is 0.571. The molecule has 0 bridgehead atoms. The standard InChI is InChI=1S/C18H13ClN4O2S/c1-9-3-5-12-14(7-9)26-18(20-12)21-17(25)15-16(24)11-8-10(19)4-6-13(11)23(2)22-15/h3-8H,1-2H3,(H,20,21,25). The highest BCUT2D eigenvalue weighted by molar-refractivity contribution is 7.22. The number of anilines is 1. The van der Waals surface area contributed by atoms with Gasteiger partial charge in [0.1, 0.15) is 0 Å². The van der Waals surface area contributed by atoms with E-state index in [2.05, 4.69) is 15.4 Å². The fourth-order valence-corrected chi connectivity index (χ4v) is 3.87. The molecule has 4 aromatic rings. The van der Waals surface area contributed by atoms with Gasteiger partial charge in [0.2, 0.25) is 5.43 Å². The summed E-state index contributed by atoms with van der Waals surface area (Å²) in [7, 11) is 1.67. The second-order valence-electron chi connectivity index (χ2n) is 5.91. The van der Waals surface area contributed by atoms with Gasteiger partial charge in [-0.15, -0.1) is 0 Å². The number of amides is 1. The minimum Gasteiger partial charge on any atom is -0.296 e. The number of hydrogen-bond donors (Lipinski definition) is 1. The molecule has 4 rings (SSSR count). The molecule has 0 aliphatic heterocycles. The minimum atomic E-state index is -0.594. The van der Waals surface area contributed by atoms with Crippen LogP contribution in [0, 0.1) is 6.92 Å². The highest BCUT2D eigenvalue weighted by Gasteiger charge is 2.18. The zero-order valence-corrected chi connectivity index (χ0v) is 15.5. The normalized spacial score (nSPS) is 11.2. The third-order valence-electron chi connectivity index (χ3n) is 4.00. The average molecular weight is 385 g/mol. The molecule has 130 valence electrons. The molecule has 0 unspecified atom stereocenters. The summed E-state index contributed by atoms with van der Waals surface area (Å²) in [6.07, 6.45) is 0. The Hall–Kier alpha value is -2.77. The van der Waals surface area contributed by atoms with Gasteiger partial charge >= 0.3 is 0 Å². The Kier molecular flexibility index (Phi) is 3.97. The molecular weight excluding hydrogens is 372 g/mol. The van der Waals surface area contributed by atoms with Crippen molar-refractivity contribution in [2.75, 3.05) is 5.32 Å². The Labute approximate surface area is 157 Å². The number of halogens is 1. The summed E-state index contributed by atoms with van der Waals surface area (Å²) < 4.78 is 2.45. The first kappa shape index (κ1) is 16.7. The molecule has 1 N–H and O–H groups in total. The molecule has 0 saturated heterocycles. The Balaban J connectivity index is 1.75. The Bertz CT molecular complexity index is 1250. The summed E-state index contributed by atoms with van der Waals surface area (Å²) in [6, 6.07) is 10.8. The number of hydrogen-bond acceptors (Lipinski definition) is 5. The molecule has 0 aliphatic carbocycles. The molecule has 2 aromatic carbocycles. The first-order valence-electron chi connectivity index (χ1n) is 7.77. The van der Waals surface area contributed by atoms with Crippen LogP contribution in [0.25, 0.3) is 21.1 Å². The third kappa shape index (κ3) is 2.85. The number of fused-ring (bicyclic) bond motifs is 2. The lowest BCUT2D eigenvalue weighted by Gasteiger charge is -2.07. The predicted octanol–water partition coefficient (Wildman–Crippen LogP) is 3.76. The zero-order chi connectivity index (χ0) is 18.4. The molecular formula is C18H13ClN4O2S. The molecule has 2 heterocycles. The number of thiazole rings is 1. The van der Waals surface area contributed by atoms with Crippen molar-refractivity contribution in [3.8, 4) is 0 Å². The van der Waals surface area contributed by atoms with Crippen LogP contribution in [0.2, 0.25) is 5.02 Å². The predicted molar refractivity (Wildman–Crippen MR) is 104 cm³/mol. The van der Waals surface area contributed by atoms with Gasteiger partial charge in [0.25, 0.3) is 5.91 Å². The molecule has 6 nitrogen and oxygen atoms in total. The van der Waals surface area contributed by atoms with Crippen molar-refractivity contribution in [1.82, 2.24) is 14.8 Å². The van der Waals surface area contributed by atoms with E-state index in [9.17, 15) is 9.59 Å². The van der Waals surface area contributed by atoms with Crippen molar-refractivity contribution in [1.29, 1.82) is 0 Å². The SMILES string of the molecule is Cc1ccc2nc(NC(=O)c3nn(C)c4ccc(Cl)cc4c3=O)sc2c1. The molecule has 0 fully saturated rings. The molecule has 2 aromatic heterocycles. The van der Waals surface area contributed by atoms with Gasteiger partial charge in [-0.3, -0.25) is 19.6 Å². The number of nitrogens with zero attached hydrogens (tertiary/aromatic N) is 3. The van der Waals surface area contributed by atoms with Crippen molar-refractivity contribution in [3.63, 3.8) is 0 Å². The van der Waals surface area contributed by atoms with Crippen LogP contribution in [0.15, 0.2) is 41.2 Å². The summed E-state index contributed by atoms with van der Waals surface area (Å²) in [5.74, 6) is -0.594. The van der Waals surface area contributed by atoms with Gasteiger partial charge in [-0.05, 0) is 42.8 Å². The van der Waals surface area contributed by atoms with Crippen LogP contribution >= 0.6 is 22.9 Å². The second-order valence-corrected chi connectivity index (χ2v) is 7.37. The van der Waals surface area contributed by atoms with Gasteiger partial charge in [0.05, 0.1) is 21.1 Å². The lowest BCUT2D eigenvalue weighted by molar-refractivity contribution is 0.101. The van der Waals surface area contributed by atoms with Gasteiger partial charge in [0.15, 0.2) is 10.8 Å². The zero-order valence-electron chi connectivity index (χ0n) is 13.9. The highest BCUT2D eigenvalue weighted by Crippen LogP contribution is 2.27. The number of benzene rings is 2. The Morgan fingerprint density at radius 3 is 2.85 bits per heavy atom. The highest BCUT2D eigenvalue weighted by atomic mass is 35.5. The van der Waals surface area contributed by atoms with Crippen LogP contribution in [-0.4, -0.2) is 20.7 Å². The van der Waals surface area contributed by atoms with E-state index in [4.69, 9.17) is 11.6 Å². The van der Waals surface area contributed by atoms with Gasteiger partial charge in [-0.1, -0.05) is 29.0 Å². The van der Waals surface area contributed by atoms with Crippen LogP contribution in [0.3, 0.4) is 0 Å². The summed E-state index contributed by atoms with van der Waals surface area (Å²) in [4.78, 5) is 29.7. The van der Waals surface area contributed by atoms with Crippen LogP contribution in [0.1, 0.15) is 16.1 Å². The first-order valence-corrected chi connectivity index (χ1v) is 8.97. The van der Waals surface area contributed by atoms with Crippen LogP contribution in [0.5, 0.6) is 0 Å². The fourth-order valence-electron chi connectivity index (χ4n) is 2.74. The van der Waals surface area contributed by atoms with E-state index >= 15 is 0 Å². The summed E-state index contributed by atoms with van der Waals surface area (Å²) in [5, 5.41) is 7.99. The molecule has 0 saturated carbocycles. The Morgan fingerprint density at radius 1 is 1.23 bits per heavy atom. The Morgan fingerprint density at radius 2 is 2.04 bits per heavy atom. The molecule has 26 heavy (non-hydrogen) atoms. The third-order valence-corrected chi connectivity index (χ3v) is 5.17. The van der Waals surface area contributed by atoms with Crippen LogP contribution < -0.4 is 10.7 Å². The average Bonchev–Trinajstić information content (AvgIpc) is 2.99. The van der Waals surface area contributed by atoms with E-state index in [0.717, 1.165) is 15.8 Å². The van der Waals surface area contributed by atoms with Crippen molar-refractivity contribution in [3.05, 3.63) is 62.9 Å². The van der Waals surface area contributed by atoms with E-state index in [0.29, 0.717) is 21.1 Å². The molecule has 0 aliphatic rings. The van der Waals surface area contributed by atoms with Crippen molar-refractivity contribution in [2.24, 2.45) is 7.05 Å². The van der Waals surface area contributed by atoms with Gasteiger partial charge in [-0.2, -0.15) is 5.10 Å². The number of nitrogens with one attached hydrogen (secondary N) is 1. The topological polar surface area (TPSA) is 76.9 Å². The van der Waals surface area contributed by atoms with Crippen molar-refractivity contribution in [2.45, 2.75) is 6.92 Å². The molecule has 8 heteroatoms. The summed E-state index contributed by atoms with van der Waals surface area (Å²) in [6.45, 7) is 1.99. The maximum absolute atomic E-state index is 12.7. The number of aryl methyl sites for hydroxylation is 2. The van der Waals surface area contributed by atoms with E-state index in [1.807, 2.05) is 25.1 Å². The largest absolute Gasteiger partial charge is 0.296 e. The first-order chi connectivity index (χ1) is 12.4. The maximum atomic E-state index is 12.7. The van der Waals surface area contributed by atoms with Gasteiger partial charge in [-0.25, -0.2) is 4.98 Å². The number of rotatable bonds is 2. The fraction of sp³-hybridized carbons (Fsp3) is 0.111. The lowest BCUT2D eigenvalue weighted by atomic mass is 10.2. The van der Waals surface area contributed by atoms with E-state index in [1.54, 1.807) is 19.2 Å². The van der Waals surface area contributed by atoms with Gasteiger partial charge < -0.3 is 0 Å². The number of aromatic nitrogens is 3. The molecule has 1 amide bonds. The second kappa shape index (κ2) is 6.19. The van der Waals surface area contributed by atoms with Gasteiger partial charge in [0, 0.05) is 12.1 Å². The van der Waals surface area contributed by atoms with E-state index < -0.39 is 11.3 Å². The van der Waals surface area contributed by atoms with Crippen molar-refractivity contribution >= 4 is 55.1 Å². The summed E-state index contributed by atoms with van der Waals surface area (Å²) >= 11 is 7.33. The monoisotopic (exact) mass is 384 g/mol. The van der Waals surface area contributed by atoms with E-state index in [-0.39, 0.29) is 5.69 Å². The lowest BCUT2D eigenvalue weighted by Crippen LogP contribution is -2.26. The molecule has 0 atom stereocenters.